The van der Waals surface area contributed by atoms with Gasteiger partial charge >= 0.3 is 0 Å². The third-order valence-corrected chi connectivity index (χ3v) is 3.28. The second-order valence-electron chi connectivity index (χ2n) is 4.75. The maximum atomic E-state index is 5.67. The molecule has 3 aromatic rings. The second-order valence-corrected chi connectivity index (χ2v) is 4.75. The van der Waals surface area contributed by atoms with E-state index in [1.54, 1.807) is 7.11 Å². The number of aryl methyl sites for hydroxylation is 1. The fourth-order valence-corrected chi connectivity index (χ4v) is 2.33. The first-order valence-electron chi connectivity index (χ1n) is 6.40. The summed E-state index contributed by atoms with van der Waals surface area (Å²) in [4.78, 5) is 11.7. The Kier molecular flexibility index (Phi) is 3.02. The van der Waals surface area contributed by atoms with Crippen LogP contribution in [0.5, 0.6) is 5.75 Å². The van der Waals surface area contributed by atoms with Crippen LogP contribution in [-0.2, 0) is 6.42 Å². The van der Waals surface area contributed by atoms with Crippen molar-refractivity contribution in [2.75, 3.05) is 12.8 Å². The molecule has 0 aliphatic rings. The van der Waals surface area contributed by atoms with Gasteiger partial charge in [-0.2, -0.15) is 4.98 Å². The lowest BCUT2D eigenvalue weighted by atomic mass is 10.1. The molecule has 102 valence electrons. The Labute approximate surface area is 116 Å². The smallest absolute Gasteiger partial charge is 0.222 e. The molecule has 0 aliphatic carbocycles. The molecule has 3 N–H and O–H groups in total. The van der Waals surface area contributed by atoms with E-state index in [-0.39, 0.29) is 0 Å². The zero-order valence-corrected chi connectivity index (χ0v) is 11.5. The number of benzene rings is 1. The normalized spacial score (nSPS) is 10.9. The van der Waals surface area contributed by atoms with E-state index in [1.807, 2.05) is 25.1 Å². The van der Waals surface area contributed by atoms with Gasteiger partial charge in [-0.25, -0.2) is 4.98 Å². The van der Waals surface area contributed by atoms with Crippen LogP contribution >= 0.6 is 0 Å². The van der Waals surface area contributed by atoms with Crippen LogP contribution in [-0.4, -0.2) is 22.1 Å². The number of hydrogen-bond acceptors (Lipinski definition) is 4. The molecule has 0 aliphatic heterocycles. The molecule has 0 unspecified atom stereocenters. The summed E-state index contributed by atoms with van der Waals surface area (Å²) in [6.45, 7) is 1.93. The average Bonchev–Trinajstić information content (AvgIpc) is 2.81. The van der Waals surface area contributed by atoms with E-state index in [2.05, 4.69) is 27.1 Å². The quantitative estimate of drug-likeness (QED) is 0.765. The Bertz CT molecular complexity index is 764. The molecule has 0 amide bonds. The third-order valence-electron chi connectivity index (χ3n) is 3.28. The van der Waals surface area contributed by atoms with Crippen molar-refractivity contribution in [3.05, 3.63) is 47.3 Å². The van der Waals surface area contributed by atoms with E-state index in [0.717, 1.165) is 34.6 Å². The van der Waals surface area contributed by atoms with Gasteiger partial charge in [-0.1, -0.05) is 12.1 Å². The number of hydrogen-bond donors (Lipinski definition) is 2. The number of aromatic amines is 1. The summed E-state index contributed by atoms with van der Waals surface area (Å²) >= 11 is 0. The Morgan fingerprint density at radius 3 is 2.90 bits per heavy atom. The van der Waals surface area contributed by atoms with E-state index >= 15 is 0 Å². The molecule has 0 spiro atoms. The number of nitrogens with two attached hydrogens (primary N) is 1. The lowest BCUT2D eigenvalue weighted by Gasteiger charge is -2.02. The highest BCUT2D eigenvalue weighted by atomic mass is 16.5. The monoisotopic (exact) mass is 268 g/mol. The number of anilines is 1. The van der Waals surface area contributed by atoms with Crippen molar-refractivity contribution < 1.29 is 4.74 Å². The lowest BCUT2D eigenvalue weighted by Crippen LogP contribution is -1.96. The zero-order chi connectivity index (χ0) is 14.1. The Hall–Kier alpha value is -2.56. The van der Waals surface area contributed by atoms with Gasteiger partial charge in [0.05, 0.1) is 12.8 Å². The predicted molar refractivity (Wildman–Crippen MR) is 78.8 cm³/mol. The molecule has 20 heavy (non-hydrogen) atoms. The van der Waals surface area contributed by atoms with E-state index < -0.39 is 0 Å². The molecular weight excluding hydrogens is 252 g/mol. The topological polar surface area (TPSA) is 76.8 Å². The van der Waals surface area contributed by atoms with Gasteiger partial charge in [0.2, 0.25) is 5.95 Å². The average molecular weight is 268 g/mol. The molecule has 2 heterocycles. The van der Waals surface area contributed by atoms with Crippen molar-refractivity contribution in [3.63, 3.8) is 0 Å². The van der Waals surface area contributed by atoms with Crippen LogP contribution in [0.1, 0.15) is 17.0 Å². The maximum absolute atomic E-state index is 5.67. The maximum Gasteiger partial charge on any atom is 0.222 e. The van der Waals surface area contributed by atoms with Crippen molar-refractivity contribution in [2.24, 2.45) is 0 Å². The first kappa shape index (κ1) is 12.5. The van der Waals surface area contributed by atoms with E-state index in [1.165, 1.54) is 5.56 Å². The van der Waals surface area contributed by atoms with E-state index in [4.69, 9.17) is 10.5 Å². The van der Waals surface area contributed by atoms with Crippen LogP contribution in [0, 0.1) is 6.92 Å². The fraction of sp³-hybridized carbons (Fsp3) is 0.200. The van der Waals surface area contributed by atoms with Crippen LogP contribution < -0.4 is 10.5 Å². The highest BCUT2D eigenvalue weighted by Crippen LogP contribution is 2.21. The highest BCUT2D eigenvalue weighted by molar-refractivity contribution is 5.80. The van der Waals surface area contributed by atoms with Crippen LogP contribution in [0.25, 0.3) is 11.0 Å². The van der Waals surface area contributed by atoms with Crippen LogP contribution in [0.15, 0.2) is 30.3 Å². The van der Waals surface area contributed by atoms with Gasteiger partial charge in [-0.05, 0) is 30.7 Å². The van der Waals surface area contributed by atoms with Crippen molar-refractivity contribution >= 4 is 17.0 Å². The van der Waals surface area contributed by atoms with Gasteiger partial charge in [0.25, 0.3) is 0 Å². The zero-order valence-electron chi connectivity index (χ0n) is 11.5. The van der Waals surface area contributed by atoms with Crippen molar-refractivity contribution in [1.29, 1.82) is 0 Å². The minimum absolute atomic E-state index is 0.296. The Morgan fingerprint density at radius 1 is 1.25 bits per heavy atom. The van der Waals surface area contributed by atoms with Gasteiger partial charge in [-0.3, -0.25) is 0 Å². The van der Waals surface area contributed by atoms with Crippen LogP contribution in [0.4, 0.5) is 5.95 Å². The predicted octanol–water partition coefficient (Wildman–Crippen LogP) is 2.45. The van der Waals surface area contributed by atoms with Gasteiger partial charge in [-0.15, -0.1) is 0 Å². The Balaban J connectivity index is 1.96. The van der Waals surface area contributed by atoms with E-state index in [9.17, 15) is 0 Å². The second kappa shape index (κ2) is 4.85. The summed E-state index contributed by atoms with van der Waals surface area (Å²) < 4.78 is 5.24. The van der Waals surface area contributed by atoms with Gasteiger partial charge in [0.15, 0.2) is 0 Å². The molecule has 5 nitrogen and oxygen atoms in total. The minimum Gasteiger partial charge on any atom is -0.497 e. The number of nitrogen functional groups attached to an aromatic ring is 1. The molecule has 0 saturated heterocycles. The van der Waals surface area contributed by atoms with Gasteiger partial charge < -0.3 is 15.5 Å². The number of rotatable bonds is 3. The molecule has 0 atom stereocenters. The molecule has 2 aromatic heterocycles. The third kappa shape index (κ3) is 2.30. The largest absolute Gasteiger partial charge is 0.497 e. The number of nitrogens with zero attached hydrogens (tertiary/aromatic N) is 2. The van der Waals surface area contributed by atoms with Crippen LogP contribution in [0.3, 0.4) is 0 Å². The number of H-pyrrole nitrogens is 1. The first-order chi connectivity index (χ1) is 9.65. The first-order valence-corrected chi connectivity index (χ1v) is 6.40. The lowest BCUT2D eigenvalue weighted by molar-refractivity contribution is 0.414. The number of ether oxygens (including phenoxy) is 1. The summed E-state index contributed by atoms with van der Waals surface area (Å²) in [7, 11) is 1.67. The molecule has 0 fully saturated rings. The fourth-order valence-electron chi connectivity index (χ4n) is 2.33. The molecule has 0 radical (unpaired) electrons. The minimum atomic E-state index is 0.296. The molecule has 0 bridgehead atoms. The number of fused-ring (bicyclic) bond motifs is 1. The molecule has 3 rings (SSSR count). The standard InChI is InChI=1S/C15H16N4O/c1-9-13-8-11(18-14(13)19-15(16)17-9)6-10-4-3-5-12(7-10)20-2/h3-5,7-8H,6H2,1-2H3,(H3,16,17,18,19). The summed E-state index contributed by atoms with van der Waals surface area (Å²) in [5.41, 5.74) is 9.60. The number of methoxy groups -OCH3 is 1. The highest BCUT2D eigenvalue weighted by Gasteiger charge is 2.08. The number of nitrogens with one attached hydrogen (secondary N) is 1. The van der Waals surface area contributed by atoms with E-state index in [0.29, 0.717) is 5.95 Å². The Morgan fingerprint density at radius 2 is 2.10 bits per heavy atom. The summed E-state index contributed by atoms with van der Waals surface area (Å²) in [6.07, 6.45) is 0.785. The van der Waals surface area contributed by atoms with Crippen molar-refractivity contribution in [2.45, 2.75) is 13.3 Å². The van der Waals surface area contributed by atoms with Gasteiger partial charge in [0, 0.05) is 17.5 Å². The van der Waals surface area contributed by atoms with Crippen molar-refractivity contribution in [3.8, 4) is 5.75 Å². The molecule has 0 saturated carbocycles. The molecule has 1 aromatic carbocycles. The summed E-state index contributed by atoms with van der Waals surface area (Å²) in [6, 6.07) is 10.1. The molecule has 5 heteroatoms. The SMILES string of the molecule is COc1cccc(Cc2cc3c(C)nc(N)nc3[nH]2)c1. The van der Waals surface area contributed by atoms with Gasteiger partial charge in [0.1, 0.15) is 11.4 Å². The van der Waals surface area contributed by atoms with Crippen molar-refractivity contribution in [1.82, 2.24) is 15.0 Å². The van der Waals surface area contributed by atoms with Crippen LogP contribution in [0.2, 0.25) is 0 Å². The number of aromatic nitrogens is 3. The summed E-state index contributed by atoms with van der Waals surface area (Å²) in [5.74, 6) is 1.16. The summed E-state index contributed by atoms with van der Waals surface area (Å²) in [5, 5.41) is 1.01. The molecular formula is C15H16N4O.